The maximum atomic E-state index is 12.9. The summed E-state index contributed by atoms with van der Waals surface area (Å²) >= 11 is 0. The normalized spacial score (nSPS) is 18.1. The van der Waals surface area contributed by atoms with Gasteiger partial charge in [-0.05, 0) is 35.2 Å². The molecule has 2 aromatic rings. The molecule has 0 bridgehead atoms. The lowest BCUT2D eigenvalue weighted by atomic mass is 9.95. The van der Waals surface area contributed by atoms with Gasteiger partial charge >= 0.3 is 0 Å². The van der Waals surface area contributed by atoms with Crippen molar-refractivity contribution in [1.82, 2.24) is 10.6 Å². The molecule has 0 aromatic heterocycles. The minimum Gasteiger partial charge on any atom is -0.387 e. The van der Waals surface area contributed by atoms with Crippen molar-refractivity contribution in [3.05, 3.63) is 71.0 Å². The third kappa shape index (κ3) is 3.75. The summed E-state index contributed by atoms with van der Waals surface area (Å²) in [7, 11) is 0. The van der Waals surface area contributed by atoms with Crippen LogP contribution < -0.4 is 10.6 Å². The van der Waals surface area contributed by atoms with E-state index in [1.807, 2.05) is 18.2 Å². The average Bonchev–Trinajstić information content (AvgIpc) is 2.59. The van der Waals surface area contributed by atoms with Crippen LogP contribution in [0.1, 0.15) is 22.8 Å². The Morgan fingerprint density at radius 3 is 2.65 bits per heavy atom. The van der Waals surface area contributed by atoms with Gasteiger partial charge in [-0.15, -0.1) is 0 Å². The van der Waals surface area contributed by atoms with Gasteiger partial charge in [0.2, 0.25) is 5.91 Å². The predicted molar refractivity (Wildman–Crippen MR) is 85.1 cm³/mol. The van der Waals surface area contributed by atoms with Gasteiger partial charge in [-0.25, -0.2) is 4.39 Å². The number of amides is 1. The highest BCUT2D eigenvalue weighted by Crippen LogP contribution is 2.17. The van der Waals surface area contributed by atoms with Crippen LogP contribution in [0.25, 0.3) is 0 Å². The van der Waals surface area contributed by atoms with Gasteiger partial charge in [0.15, 0.2) is 0 Å². The number of hydrogen-bond donors (Lipinski definition) is 3. The predicted octanol–water partition coefficient (Wildman–Crippen LogP) is 1.69. The first-order valence-electron chi connectivity index (χ1n) is 7.65. The highest BCUT2D eigenvalue weighted by molar-refractivity contribution is 5.82. The highest BCUT2D eigenvalue weighted by atomic mass is 19.1. The fourth-order valence-corrected chi connectivity index (χ4v) is 2.76. The minimum atomic E-state index is -0.851. The molecule has 2 aromatic carbocycles. The Labute approximate surface area is 134 Å². The highest BCUT2D eigenvalue weighted by Gasteiger charge is 2.24. The summed E-state index contributed by atoms with van der Waals surface area (Å²) < 4.78 is 12.9. The molecule has 0 radical (unpaired) electrons. The van der Waals surface area contributed by atoms with Crippen LogP contribution in [0.2, 0.25) is 0 Å². The van der Waals surface area contributed by atoms with Crippen LogP contribution in [-0.4, -0.2) is 23.6 Å². The molecule has 2 atom stereocenters. The molecular weight excluding hydrogens is 295 g/mol. The van der Waals surface area contributed by atoms with E-state index < -0.39 is 6.10 Å². The van der Waals surface area contributed by atoms with E-state index in [0.29, 0.717) is 18.5 Å². The molecule has 3 rings (SSSR count). The standard InChI is InChI=1S/C18H19FN2O2/c19-15-7-5-12(6-8-15)17(22)11-21-18(23)16-9-13-3-1-2-4-14(13)10-20-16/h1-8,16-17,20,22H,9-11H2,(H,21,23). The third-order valence-corrected chi connectivity index (χ3v) is 4.12. The molecule has 1 aliphatic rings. The summed E-state index contributed by atoms with van der Waals surface area (Å²) in [6, 6.07) is 13.4. The molecule has 1 amide bonds. The number of carbonyl (C=O) groups is 1. The molecule has 0 fully saturated rings. The van der Waals surface area contributed by atoms with E-state index in [-0.39, 0.29) is 24.3 Å². The molecule has 4 nitrogen and oxygen atoms in total. The van der Waals surface area contributed by atoms with Crippen molar-refractivity contribution in [2.75, 3.05) is 6.54 Å². The summed E-state index contributed by atoms with van der Waals surface area (Å²) in [6.07, 6.45) is -0.218. The molecule has 1 heterocycles. The number of benzene rings is 2. The Morgan fingerprint density at radius 2 is 1.91 bits per heavy atom. The summed E-state index contributed by atoms with van der Waals surface area (Å²) in [6.45, 7) is 0.763. The second-order valence-corrected chi connectivity index (χ2v) is 5.72. The zero-order chi connectivity index (χ0) is 16.2. The molecule has 2 unspecified atom stereocenters. The van der Waals surface area contributed by atoms with Crippen molar-refractivity contribution < 1.29 is 14.3 Å². The summed E-state index contributed by atoms with van der Waals surface area (Å²) in [5.41, 5.74) is 2.96. The third-order valence-electron chi connectivity index (χ3n) is 4.12. The van der Waals surface area contributed by atoms with E-state index in [9.17, 15) is 14.3 Å². The number of aliphatic hydroxyl groups is 1. The topological polar surface area (TPSA) is 61.4 Å². The smallest absolute Gasteiger partial charge is 0.237 e. The minimum absolute atomic E-state index is 0.101. The van der Waals surface area contributed by atoms with E-state index >= 15 is 0 Å². The Bertz CT molecular complexity index is 688. The molecule has 5 heteroatoms. The monoisotopic (exact) mass is 314 g/mol. The Balaban J connectivity index is 1.55. The van der Waals surface area contributed by atoms with Gasteiger partial charge in [-0.1, -0.05) is 36.4 Å². The molecule has 0 aliphatic carbocycles. The van der Waals surface area contributed by atoms with Crippen molar-refractivity contribution in [2.45, 2.75) is 25.1 Å². The Morgan fingerprint density at radius 1 is 1.22 bits per heavy atom. The van der Waals surface area contributed by atoms with E-state index in [1.165, 1.54) is 35.4 Å². The Hall–Kier alpha value is -2.24. The first-order chi connectivity index (χ1) is 11.1. The van der Waals surface area contributed by atoms with Gasteiger partial charge < -0.3 is 15.7 Å². The average molecular weight is 314 g/mol. The van der Waals surface area contributed by atoms with Gasteiger partial charge in [0.1, 0.15) is 5.82 Å². The zero-order valence-corrected chi connectivity index (χ0v) is 12.6. The fraction of sp³-hybridized carbons (Fsp3) is 0.278. The van der Waals surface area contributed by atoms with Crippen molar-refractivity contribution >= 4 is 5.91 Å². The number of carbonyl (C=O) groups excluding carboxylic acids is 1. The van der Waals surface area contributed by atoms with Crippen molar-refractivity contribution in [2.24, 2.45) is 0 Å². The second kappa shape index (κ2) is 6.89. The van der Waals surface area contributed by atoms with E-state index in [2.05, 4.69) is 16.7 Å². The van der Waals surface area contributed by atoms with Gasteiger partial charge in [-0.2, -0.15) is 0 Å². The molecule has 0 spiro atoms. The lowest BCUT2D eigenvalue weighted by Crippen LogP contribution is -2.48. The zero-order valence-electron chi connectivity index (χ0n) is 12.6. The summed E-state index contributed by atoms with van der Waals surface area (Å²) in [4.78, 5) is 12.3. The number of rotatable bonds is 4. The quantitative estimate of drug-likeness (QED) is 0.805. The molecule has 3 N–H and O–H groups in total. The van der Waals surface area contributed by atoms with Crippen LogP contribution in [-0.2, 0) is 17.8 Å². The van der Waals surface area contributed by atoms with Gasteiger partial charge in [0.05, 0.1) is 12.1 Å². The van der Waals surface area contributed by atoms with E-state index in [1.54, 1.807) is 0 Å². The van der Waals surface area contributed by atoms with Crippen molar-refractivity contribution in [3.8, 4) is 0 Å². The van der Waals surface area contributed by atoms with Crippen molar-refractivity contribution in [3.63, 3.8) is 0 Å². The summed E-state index contributed by atoms with van der Waals surface area (Å²) in [5.74, 6) is -0.490. The lowest BCUT2D eigenvalue weighted by molar-refractivity contribution is -0.123. The van der Waals surface area contributed by atoms with Crippen LogP contribution in [0.15, 0.2) is 48.5 Å². The van der Waals surface area contributed by atoms with Crippen LogP contribution >= 0.6 is 0 Å². The number of fused-ring (bicyclic) bond motifs is 1. The molecule has 1 aliphatic heterocycles. The number of halogens is 1. The van der Waals surface area contributed by atoms with E-state index in [4.69, 9.17) is 0 Å². The van der Waals surface area contributed by atoms with Crippen LogP contribution in [0, 0.1) is 5.82 Å². The van der Waals surface area contributed by atoms with Gasteiger partial charge in [-0.3, -0.25) is 4.79 Å². The lowest BCUT2D eigenvalue weighted by Gasteiger charge is -2.25. The SMILES string of the molecule is O=C(NCC(O)c1ccc(F)cc1)C1Cc2ccccc2CN1. The van der Waals surface area contributed by atoms with Crippen molar-refractivity contribution in [1.29, 1.82) is 0 Å². The first kappa shape index (κ1) is 15.6. The second-order valence-electron chi connectivity index (χ2n) is 5.72. The molecular formula is C18H19FN2O2. The number of nitrogens with one attached hydrogen (secondary N) is 2. The van der Waals surface area contributed by atoms with Gasteiger partial charge in [0.25, 0.3) is 0 Å². The molecule has 0 saturated carbocycles. The van der Waals surface area contributed by atoms with Crippen LogP contribution in [0.5, 0.6) is 0 Å². The maximum Gasteiger partial charge on any atom is 0.237 e. The fourth-order valence-electron chi connectivity index (χ4n) is 2.76. The van der Waals surface area contributed by atoms with Crippen LogP contribution in [0.3, 0.4) is 0 Å². The number of aliphatic hydroxyl groups excluding tert-OH is 1. The molecule has 23 heavy (non-hydrogen) atoms. The Kier molecular flexibility index (Phi) is 4.69. The number of hydrogen-bond acceptors (Lipinski definition) is 3. The molecule has 120 valence electrons. The largest absolute Gasteiger partial charge is 0.387 e. The molecule has 0 saturated heterocycles. The maximum absolute atomic E-state index is 12.9. The van der Waals surface area contributed by atoms with Crippen LogP contribution in [0.4, 0.5) is 4.39 Å². The summed E-state index contributed by atoms with van der Waals surface area (Å²) in [5, 5.41) is 16.0. The van der Waals surface area contributed by atoms with E-state index in [0.717, 1.165) is 0 Å². The van der Waals surface area contributed by atoms with Gasteiger partial charge in [0, 0.05) is 13.1 Å². The first-order valence-corrected chi connectivity index (χ1v) is 7.65.